The van der Waals surface area contributed by atoms with Crippen LogP contribution < -0.4 is 10.9 Å². The minimum Gasteiger partial charge on any atom is -0.325 e. The molecule has 1 heterocycles. The van der Waals surface area contributed by atoms with Crippen molar-refractivity contribution in [3.8, 4) is 5.69 Å². The molecule has 0 saturated carbocycles. The maximum atomic E-state index is 13.4. The number of benzene rings is 3. The normalized spacial score (nSPS) is 10.8. The fraction of sp³-hybridized carbons (Fsp3) is 0.125. The molecule has 0 radical (unpaired) electrons. The zero-order valence-corrected chi connectivity index (χ0v) is 18.8. The number of thioether (sulfide) groups is 1. The first-order valence-electron chi connectivity index (χ1n) is 10.1. The Labute approximate surface area is 193 Å². The van der Waals surface area contributed by atoms with Crippen molar-refractivity contribution in [2.75, 3.05) is 11.1 Å². The zero-order chi connectivity index (χ0) is 23.5. The first kappa shape index (κ1) is 22.2. The number of non-ortho nitro benzene ring substituents is 1. The van der Waals surface area contributed by atoms with E-state index in [1.54, 1.807) is 30.3 Å². The van der Waals surface area contributed by atoms with Crippen molar-refractivity contribution >= 4 is 39.9 Å². The molecule has 0 bridgehead atoms. The summed E-state index contributed by atoms with van der Waals surface area (Å²) in [5.41, 5.74) is 3.23. The van der Waals surface area contributed by atoms with Gasteiger partial charge in [-0.2, -0.15) is 0 Å². The summed E-state index contributed by atoms with van der Waals surface area (Å²) in [4.78, 5) is 41.0. The Balaban J connectivity index is 1.67. The molecule has 0 atom stereocenters. The Morgan fingerprint density at radius 3 is 2.64 bits per heavy atom. The van der Waals surface area contributed by atoms with Gasteiger partial charge in [-0.05, 0) is 43.7 Å². The van der Waals surface area contributed by atoms with Gasteiger partial charge in [-0.15, -0.1) is 0 Å². The molecule has 166 valence electrons. The third kappa shape index (κ3) is 4.78. The molecular formula is C24H20N4O4S. The first-order valence-corrected chi connectivity index (χ1v) is 11.1. The van der Waals surface area contributed by atoms with E-state index in [1.807, 2.05) is 32.0 Å². The van der Waals surface area contributed by atoms with E-state index < -0.39 is 4.92 Å². The van der Waals surface area contributed by atoms with Crippen LogP contribution in [0.5, 0.6) is 0 Å². The topological polar surface area (TPSA) is 107 Å². The number of nitrogens with zero attached hydrogens (tertiary/aromatic N) is 3. The van der Waals surface area contributed by atoms with E-state index in [-0.39, 0.29) is 22.9 Å². The molecule has 0 saturated heterocycles. The minimum absolute atomic E-state index is 0.0294. The van der Waals surface area contributed by atoms with Crippen molar-refractivity contribution in [2.45, 2.75) is 19.0 Å². The van der Waals surface area contributed by atoms with Crippen LogP contribution in [-0.2, 0) is 4.79 Å². The van der Waals surface area contributed by atoms with E-state index in [2.05, 4.69) is 10.3 Å². The molecule has 0 aliphatic rings. The maximum absolute atomic E-state index is 13.4. The molecule has 0 aliphatic carbocycles. The summed E-state index contributed by atoms with van der Waals surface area (Å²) in [7, 11) is 0. The number of rotatable bonds is 6. The van der Waals surface area contributed by atoms with Crippen LogP contribution in [0.3, 0.4) is 0 Å². The van der Waals surface area contributed by atoms with E-state index in [9.17, 15) is 19.7 Å². The largest absolute Gasteiger partial charge is 0.325 e. The van der Waals surface area contributed by atoms with Crippen LogP contribution in [0.25, 0.3) is 16.6 Å². The lowest BCUT2D eigenvalue weighted by molar-refractivity contribution is -0.384. The van der Waals surface area contributed by atoms with Crippen LogP contribution in [0.2, 0.25) is 0 Å². The van der Waals surface area contributed by atoms with Crippen LogP contribution in [0.4, 0.5) is 11.4 Å². The summed E-state index contributed by atoms with van der Waals surface area (Å²) in [5, 5.41) is 14.5. The van der Waals surface area contributed by atoms with Crippen LogP contribution >= 0.6 is 11.8 Å². The van der Waals surface area contributed by atoms with E-state index in [1.165, 1.54) is 22.8 Å². The first-order chi connectivity index (χ1) is 15.8. The lowest BCUT2D eigenvalue weighted by Crippen LogP contribution is -2.23. The Kier molecular flexibility index (Phi) is 6.23. The Bertz CT molecular complexity index is 1450. The standard InChI is InChI=1S/C24H20N4O4S/c1-15-10-11-21(16(2)12-15)27-23(30)19-8-3-4-9-20(19)26-24(27)33-14-22(29)25-17-6-5-7-18(13-17)28(31)32/h3-13H,14H2,1-2H3,(H,25,29). The fourth-order valence-electron chi connectivity index (χ4n) is 3.50. The molecule has 1 aromatic heterocycles. The van der Waals surface area contributed by atoms with Gasteiger partial charge in [0.1, 0.15) is 0 Å². The highest BCUT2D eigenvalue weighted by Gasteiger charge is 2.16. The van der Waals surface area contributed by atoms with Gasteiger partial charge in [0, 0.05) is 17.8 Å². The van der Waals surface area contributed by atoms with Gasteiger partial charge >= 0.3 is 0 Å². The number of nitrogens with one attached hydrogen (secondary N) is 1. The number of aryl methyl sites for hydroxylation is 2. The molecule has 33 heavy (non-hydrogen) atoms. The Hall–Kier alpha value is -3.98. The van der Waals surface area contributed by atoms with Gasteiger partial charge in [0.25, 0.3) is 11.2 Å². The summed E-state index contributed by atoms with van der Waals surface area (Å²) >= 11 is 1.13. The van der Waals surface area contributed by atoms with Crippen LogP contribution in [0, 0.1) is 24.0 Å². The van der Waals surface area contributed by atoms with E-state index >= 15 is 0 Å². The molecule has 0 fully saturated rings. The van der Waals surface area contributed by atoms with Crippen molar-refractivity contribution in [1.82, 2.24) is 9.55 Å². The quantitative estimate of drug-likeness (QED) is 0.194. The number of aromatic nitrogens is 2. The average Bonchev–Trinajstić information content (AvgIpc) is 2.79. The van der Waals surface area contributed by atoms with Gasteiger partial charge in [0.15, 0.2) is 5.16 Å². The van der Waals surface area contributed by atoms with Crippen LogP contribution in [0.15, 0.2) is 76.7 Å². The van der Waals surface area contributed by atoms with E-state index in [4.69, 9.17) is 0 Å². The number of para-hydroxylation sites is 1. The summed E-state index contributed by atoms with van der Waals surface area (Å²) in [5.74, 6) is -0.395. The van der Waals surface area contributed by atoms with Gasteiger partial charge in [-0.3, -0.25) is 24.3 Å². The second-order valence-electron chi connectivity index (χ2n) is 7.49. The van der Waals surface area contributed by atoms with E-state index in [0.717, 1.165) is 22.9 Å². The molecule has 0 unspecified atom stereocenters. The van der Waals surface area contributed by atoms with Gasteiger partial charge in [0.2, 0.25) is 5.91 Å². The predicted molar refractivity (Wildman–Crippen MR) is 129 cm³/mol. The third-order valence-corrected chi connectivity index (χ3v) is 5.95. The summed E-state index contributed by atoms with van der Waals surface area (Å²) < 4.78 is 1.53. The van der Waals surface area contributed by atoms with E-state index in [0.29, 0.717) is 27.4 Å². The minimum atomic E-state index is -0.522. The van der Waals surface area contributed by atoms with Crippen molar-refractivity contribution < 1.29 is 9.72 Å². The highest BCUT2D eigenvalue weighted by Crippen LogP contribution is 2.24. The highest BCUT2D eigenvalue weighted by atomic mass is 32.2. The molecule has 0 spiro atoms. The number of carbonyl (C=O) groups excluding carboxylic acids is 1. The third-order valence-electron chi connectivity index (χ3n) is 5.01. The van der Waals surface area contributed by atoms with Crippen molar-refractivity contribution in [3.63, 3.8) is 0 Å². The second-order valence-corrected chi connectivity index (χ2v) is 8.43. The van der Waals surface area contributed by atoms with Gasteiger partial charge < -0.3 is 5.32 Å². The number of anilines is 1. The molecule has 1 amide bonds. The van der Waals surface area contributed by atoms with Gasteiger partial charge in [0.05, 0.1) is 27.3 Å². The number of amides is 1. The average molecular weight is 461 g/mol. The number of hydrogen-bond donors (Lipinski definition) is 1. The Morgan fingerprint density at radius 2 is 1.88 bits per heavy atom. The lowest BCUT2D eigenvalue weighted by Gasteiger charge is -2.15. The zero-order valence-electron chi connectivity index (χ0n) is 17.9. The summed E-state index contributed by atoms with van der Waals surface area (Å²) in [6, 6.07) is 18.6. The molecule has 0 aliphatic heterocycles. The molecule has 4 rings (SSSR count). The molecule has 8 nitrogen and oxygen atoms in total. The predicted octanol–water partition coefficient (Wildman–Crippen LogP) is 4.64. The number of hydrogen-bond acceptors (Lipinski definition) is 6. The Morgan fingerprint density at radius 1 is 1.09 bits per heavy atom. The van der Waals surface area contributed by atoms with Crippen LogP contribution in [-0.4, -0.2) is 26.1 Å². The van der Waals surface area contributed by atoms with Crippen molar-refractivity contribution in [2.24, 2.45) is 0 Å². The molecule has 3 aromatic carbocycles. The number of nitro groups is 1. The molecule has 9 heteroatoms. The number of carbonyl (C=O) groups is 1. The number of fused-ring (bicyclic) bond motifs is 1. The summed E-state index contributed by atoms with van der Waals surface area (Å²) in [6.45, 7) is 3.90. The van der Waals surface area contributed by atoms with Gasteiger partial charge in [-0.1, -0.05) is 47.7 Å². The van der Waals surface area contributed by atoms with Crippen LogP contribution in [0.1, 0.15) is 11.1 Å². The molecular weight excluding hydrogens is 440 g/mol. The van der Waals surface area contributed by atoms with Crippen molar-refractivity contribution in [3.05, 3.63) is 98.3 Å². The smallest absolute Gasteiger partial charge is 0.271 e. The summed E-state index contributed by atoms with van der Waals surface area (Å²) in [6.07, 6.45) is 0. The van der Waals surface area contributed by atoms with Gasteiger partial charge in [-0.25, -0.2) is 4.98 Å². The second kappa shape index (κ2) is 9.25. The monoisotopic (exact) mass is 460 g/mol. The SMILES string of the molecule is Cc1ccc(-n2c(SCC(=O)Nc3cccc([N+](=O)[O-])c3)nc3ccccc3c2=O)c(C)c1. The number of nitro benzene ring substituents is 1. The fourth-order valence-corrected chi connectivity index (χ4v) is 4.31. The van der Waals surface area contributed by atoms with Crippen molar-refractivity contribution in [1.29, 1.82) is 0 Å². The highest BCUT2D eigenvalue weighted by molar-refractivity contribution is 7.99. The maximum Gasteiger partial charge on any atom is 0.271 e. The molecule has 1 N–H and O–H groups in total. The molecule has 4 aromatic rings. The lowest BCUT2D eigenvalue weighted by atomic mass is 10.1.